The van der Waals surface area contributed by atoms with E-state index < -0.39 is 0 Å². The highest BCUT2D eigenvalue weighted by Gasteiger charge is 2.08. The highest BCUT2D eigenvalue weighted by atomic mass is 16.5. The quantitative estimate of drug-likeness (QED) is 0.879. The first-order valence-corrected chi connectivity index (χ1v) is 7.42. The summed E-state index contributed by atoms with van der Waals surface area (Å²) in [7, 11) is 3.35. The molecule has 0 radical (unpaired) electrons. The molecule has 0 heterocycles. The molecule has 2 aromatic carbocycles. The summed E-state index contributed by atoms with van der Waals surface area (Å²) in [5, 5.41) is 10.1. The lowest BCUT2D eigenvalue weighted by Crippen LogP contribution is -1.97. The Bertz CT molecular complexity index is 647. The number of hydrogen-bond donors (Lipinski definition) is 1. The average molecular weight is 300 g/mol. The molecule has 2 rings (SSSR count). The van der Waals surface area contributed by atoms with E-state index in [-0.39, 0.29) is 0 Å². The average Bonchev–Trinajstić information content (AvgIpc) is 2.44. The van der Waals surface area contributed by atoms with Crippen LogP contribution in [-0.2, 0) is 29.1 Å². The third-order valence-corrected chi connectivity index (χ3v) is 3.66. The first kappa shape index (κ1) is 16.5. The monoisotopic (exact) mass is 300 g/mol. The fourth-order valence-corrected chi connectivity index (χ4v) is 2.84. The number of hydrogen-bond acceptors (Lipinski definition) is 3. The van der Waals surface area contributed by atoms with Crippen molar-refractivity contribution in [2.45, 2.75) is 33.5 Å². The van der Waals surface area contributed by atoms with E-state index in [4.69, 9.17) is 9.47 Å². The Hall–Kier alpha value is -1.84. The van der Waals surface area contributed by atoms with Gasteiger partial charge in [-0.3, -0.25) is 0 Å². The molecule has 0 saturated heterocycles. The van der Waals surface area contributed by atoms with Crippen LogP contribution in [0.1, 0.15) is 33.4 Å². The molecule has 0 amide bonds. The van der Waals surface area contributed by atoms with Crippen LogP contribution >= 0.6 is 0 Å². The van der Waals surface area contributed by atoms with E-state index in [1.54, 1.807) is 14.2 Å². The largest absolute Gasteiger partial charge is 0.507 e. The van der Waals surface area contributed by atoms with Crippen LogP contribution in [0.25, 0.3) is 0 Å². The summed E-state index contributed by atoms with van der Waals surface area (Å²) in [5.41, 5.74) is 6.57. The zero-order chi connectivity index (χ0) is 16.1. The Morgan fingerprint density at radius 3 is 2.14 bits per heavy atom. The second kappa shape index (κ2) is 7.43. The maximum absolute atomic E-state index is 10.1. The van der Waals surface area contributed by atoms with Crippen molar-refractivity contribution in [1.82, 2.24) is 0 Å². The first-order chi connectivity index (χ1) is 10.5. The van der Waals surface area contributed by atoms with E-state index in [2.05, 4.69) is 25.1 Å². The molecule has 0 aliphatic carbocycles. The lowest BCUT2D eigenvalue weighted by molar-refractivity contribution is 0.182. The number of aryl methyl sites for hydroxylation is 2. The lowest BCUT2D eigenvalue weighted by Gasteiger charge is -2.12. The number of benzene rings is 2. The Morgan fingerprint density at radius 2 is 1.45 bits per heavy atom. The molecular formula is C19H24O3. The molecule has 0 aromatic heterocycles. The van der Waals surface area contributed by atoms with Gasteiger partial charge in [-0.15, -0.1) is 0 Å². The Morgan fingerprint density at radius 1 is 0.818 bits per heavy atom. The number of phenols is 1. The zero-order valence-corrected chi connectivity index (χ0v) is 13.8. The molecule has 2 aromatic rings. The Balaban J connectivity index is 2.30. The van der Waals surface area contributed by atoms with Gasteiger partial charge < -0.3 is 14.6 Å². The summed E-state index contributed by atoms with van der Waals surface area (Å²) in [6, 6.07) is 10.6. The molecule has 0 fully saturated rings. The van der Waals surface area contributed by atoms with Crippen LogP contribution in [0.5, 0.6) is 5.75 Å². The van der Waals surface area contributed by atoms with Crippen molar-refractivity contribution in [2.24, 2.45) is 0 Å². The number of aromatic hydroxyl groups is 1. The van der Waals surface area contributed by atoms with Gasteiger partial charge in [-0.1, -0.05) is 29.8 Å². The van der Waals surface area contributed by atoms with Crippen molar-refractivity contribution < 1.29 is 14.6 Å². The minimum absolute atomic E-state index is 0.329. The van der Waals surface area contributed by atoms with E-state index in [9.17, 15) is 5.11 Å². The molecule has 0 aliphatic heterocycles. The van der Waals surface area contributed by atoms with Gasteiger partial charge in [0, 0.05) is 19.8 Å². The summed E-state index contributed by atoms with van der Waals surface area (Å²) >= 11 is 0. The molecule has 22 heavy (non-hydrogen) atoms. The topological polar surface area (TPSA) is 38.7 Å². The zero-order valence-electron chi connectivity index (χ0n) is 13.8. The number of rotatable bonds is 6. The third kappa shape index (κ3) is 4.09. The maximum atomic E-state index is 10.1. The van der Waals surface area contributed by atoms with Gasteiger partial charge in [0.2, 0.25) is 0 Å². The molecule has 0 bridgehead atoms. The smallest absolute Gasteiger partial charge is 0.124 e. The third-order valence-electron chi connectivity index (χ3n) is 3.66. The van der Waals surface area contributed by atoms with Gasteiger partial charge in [-0.2, -0.15) is 0 Å². The van der Waals surface area contributed by atoms with Crippen molar-refractivity contribution in [1.29, 1.82) is 0 Å². The van der Waals surface area contributed by atoms with E-state index >= 15 is 0 Å². The molecule has 3 nitrogen and oxygen atoms in total. The number of methoxy groups -OCH3 is 2. The minimum atomic E-state index is 0.329. The predicted molar refractivity (Wildman–Crippen MR) is 88.3 cm³/mol. The molecule has 118 valence electrons. The Labute approximate surface area is 132 Å². The second-order valence-electron chi connectivity index (χ2n) is 5.79. The van der Waals surface area contributed by atoms with Crippen LogP contribution in [0.4, 0.5) is 0 Å². The summed E-state index contributed by atoms with van der Waals surface area (Å²) in [5.74, 6) is 0.329. The number of ether oxygens (including phenoxy) is 2. The van der Waals surface area contributed by atoms with Gasteiger partial charge in [0.05, 0.1) is 13.2 Å². The molecule has 0 aliphatic rings. The van der Waals surface area contributed by atoms with Crippen molar-refractivity contribution in [3.8, 4) is 5.75 Å². The van der Waals surface area contributed by atoms with Crippen molar-refractivity contribution in [3.05, 3.63) is 63.7 Å². The molecule has 3 heteroatoms. The molecule has 0 unspecified atom stereocenters. The Kier molecular flexibility index (Phi) is 5.58. The van der Waals surface area contributed by atoms with E-state index in [1.165, 1.54) is 22.3 Å². The molecule has 1 N–H and O–H groups in total. The van der Waals surface area contributed by atoms with E-state index in [1.807, 2.05) is 19.1 Å². The summed E-state index contributed by atoms with van der Waals surface area (Å²) < 4.78 is 10.4. The van der Waals surface area contributed by atoms with Crippen molar-refractivity contribution >= 4 is 0 Å². The lowest BCUT2D eigenvalue weighted by atomic mass is 9.97. The molecule has 0 saturated carbocycles. The SMILES string of the molecule is COCc1cc(C)cc(Cc2cc(C)c(O)c(COC)c2)c1. The number of phenolic OH excluding ortho intramolecular Hbond substituents is 1. The van der Waals surface area contributed by atoms with Gasteiger partial charge in [-0.25, -0.2) is 0 Å². The van der Waals surface area contributed by atoms with E-state index in [0.717, 1.165) is 17.5 Å². The minimum Gasteiger partial charge on any atom is -0.507 e. The maximum Gasteiger partial charge on any atom is 0.124 e. The van der Waals surface area contributed by atoms with Gasteiger partial charge in [0.15, 0.2) is 0 Å². The molecular weight excluding hydrogens is 276 g/mol. The fraction of sp³-hybridized carbons (Fsp3) is 0.368. The highest BCUT2D eigenvalue weighted by molar-refractivity contribution is 5.44. The normalized spacial score (nSPS) is 10.9. The predicted octanol–water partition coefficient (Wildman–Crippen LogP) is 3.89. The fourth-order valence-electron chi connectivity index (χ4n) is 2.84. The van der Waals surface area contributed by atoms with Crippen LogP contribution in [0.2, 0.25) is 0 Å². The summed E-state index contributed by atoms with van der Waals surface area (Å²) in [6.45, 7) is 5.06. The first-order valence-electron chi connectivity index (χ1n) is 7.42. The van der Waals surface area contributed by atoms with Gasteiger partial charge in [0.25, 0.3) is 0 Å². The summed E-state index contributed by atoms with van der Waals surface area (Å²) in [4.78, 5) is 0. The second-order valence-corrected chi connectivity index (χ2v) is 5.79. The van der Waals surface area contributed by atoms with Crippen LogP contribution in [0.3, 0.4) is 0 Å². The van der Waals surface area contributed by atoms with Crippen molar-refractivity contribution in [3.63, 3.8) is 0 Å². The van der Waals surface area contributed by atoms with Gasteiger partial charge in [-0.05, 0) is 48.6 Å². The molecule has 0 spiro atoms. The van der Waals surface area contributed by atoms with Gasteiger partial charge >= 0.3 is 0 Å². The van der Waals surface area contributed by atoms with Gasteiger partial charge in [0.1, 0.15) is 5.75 Å². The van der Waals surface area contributed by atoms with Crippen LogP contribution < -0.4 is 0 Å². The van der Waals surface area contributed by atoms with Crippen LogP contribution in [0.15, 0.2) is 30.3 Å². The van der Waals surface area contributed by atoms with Crippen molar-refractivity contribution in [2.75, 3.05) is 14.2 Å². The van der Waals surface area contributed by atoms with Crippen LogP contribution in [-0.4, -0.2) is 19.3 Å². The highest BCUT2D eigenvalue weighted by Crippen LogP contribution is 2.26. The van der Waals surface area contributed by atoms with Crippen LogP contribution in [0, 0.1) is 13.8 Å². The molecule has 0 atom stereocenters. The standard InChI is InChI=1S/C19H24O3/c1-13-5-15(9-17(6-13)11-21-3)8-16-7-14(2)19(20)18(10-16)12-22-4/h5-7,9-10,20H,8,11-12H2,1-4H3. The summed E-state index contributed by atoms with van der Waals surface area (Å²) in [6.07, 6.45) is 0.830. The van der Waals surface area contributed by atoms with E-state index in [0.29, 0.717) is 19.0 Å².